The van der Waals surface area contributed by atoms with Crippen molar-refractivity contribution in [1.29, 1.82) is 0 Å². The highest BCUT2D eigenvalue weighted by molar-refractivity contribution is 5.98. The van der Waals surface area contributed by atoms with Crippen LogP contribution in [0.1, 0.15) is 34.8 Å². The van der Waals surface area contributed by atoms with Crippen molar-refractivity contribution in [2.24, 2.45) is 5.92 Å². The van der Waals surface area contributed by atoms with Crippen LogP contribution in [0.5, 0.6) is 11.5 Å². The van der Waals surface area contributed by atoms with Gasteiger partial charge in [0.05, 0.1) is 11.0 Å². The number of rotatable bonds is 5. The summed E-state index contributed by atoms with van der Waals surface area (Å²) < 4.78 is 11.2. The van der Waals surface area contributed by atoms with Gasteiger partial charge in [-0.1, -0.05) is 18.2 Å². The monoisotopic (exact) mass is 354 g/mol. The van der Waals surface area contributed by atoms with Crippen LogP contribution >= 0.6 is 0 Å². The van der Waals surface area contributed by atoms with E-state index in [4.69, 9.17) is 9.47 Å². The highest BCUT2D eigenvalue weighted by Crippen LogP contribution is 2.43. The van der Waals surface area contributed by atoms with Gasteiger partial charge in [0.25, 0.3) is 11.6 Å². The zero-order valence-electron chi connectivity index (χ0n) is 14.0. The van der Waals surface area contributed by atoms with Crippen LogP contribution in [-0.2, 0) is 0 Å². The van der Waals surface area contributed by atoms with E-state index in [2.05, 4.69) is 5.32 Å². The fourth-order valence-electron chi connectivity index (χ4n) is 3.20. The Hall–Kier alpha value is -3.09. The smallest absolute Gasteiger partial charge is 0.282 e. The second-order valence-electron chi connectivity index (χ2n) is 6.47. The lowest BCUT2D eigenvalue weighted by Crippen LogP contribution is -2.30. The molecule has 1 aliphatic carbocycles. The minimum absolute atomic E-state index is 0.0701. The summed E-state index contributed by atoms with van der Waals surface area (Å²) >= 11 is 0. The molecule has 1 amide bonds. The lowest BCUT2D eigenvalue weighted by atomic mass is 10.0. The van der Waals surface area contributed by atoms with E-state index >= 15 is 0 Å². The minimum atomic E-state index is -0.537. The van der Waals surface area contributed by atoms with Crippen molar-refractivity contribution in [3.63, 3.8) is 0 Å². The Labute approximate surface area is 150 Å². The lowest BCUT2D eigenvalue weighted by molar-refractivity contribution is -0.385. The number of carbonyl (C=O) groups excluding carboxylic acids is 1. The first-order valence-corrected chi connectivity index (χ1v) is 8.57. The first-order valence-electron chi connectivity index (χ1n) is 8.57. The van der Waals surface area contributed by atoms with Crippen LogP contribution in [0.3, 0.4) is 0 Å². The Morgan fingerprint density at radius 1 is 1.12 bits per heavy atom. The number of hydrogen-bond acceptors (Lipinski definition) is 5. The summed E-state index contributed by atoms with van der Waals surface area (Å²) in [6, 6.07) is 11.4. The van der Waals surface area contributed by atoms with Gasteiger partial charge in [-0.25, -0.2) is 0 Å². The van der Waals surface area contributed by atoms with Gasteiger partial charge < -0.3 is 14.8 Å². The van der Waals surface area contributed by atoms with Gasteiger partial charge in [0.15, 0.2) is 11.5 Å². The molecule has 4 rings (SSSR count). The molecule has 1 fully saturated rings. The van der Waals surface area contributed by atoms with Crippen LogP contribution in [-0.4, -0.2) is 24.0 Å². The highest BCUT2D eigenvalue weighted by Gasteiger charge is 2.35. The van der Waals surface area contributed by atoms with E-state index < -0.39 is 10.8 Å². The molecule has 2 aliphatic rings. The zero-order valence-corrected chi connectivity index (χ0v) is 14.0. The van der Waals surface area contributed by atoms with E-state index in [1.54, 1.807) is 12.1 Å². The second kappa shape index (κ2) is 6.67. The van der Waals surface area contributed by atoms with Crippen molar-refractivity contribution in [3.8, 4) is 11.5 Å². The maximum absolute atomic E-state index is 12.7. The van der Waals surface area contributed by atoms with E-state index in [9.17, 15) is 14.9 Å². The third kappa shape index (κ3) is 3.20. The molecular weight excluding hydrogens is 336 g/mol. The van der Waals surface area contributed by atoms with E-state index in [1.165, 1.54) is 12.1 Å². The molecule has 1 saturated carbocycles. The van der Waals surface area contributed by atoms with Crippen molar-refractivity contribution >= 4 is 11.6 Å². The summed E-state index contributed by atoms with van der Waals surface area (Å²) in [6.45, 7) is 1.01. The highest BCUT2D eigenvalue weighted by atomic mass is 16.6. The number of amides is 1. The number of carbonyl (C=O) groups is 1. The molecule has 1 aliphatic heterocycles. The van der Waals surface area contributed by atoms with Crippen molar-refractivity contribution in [2.75, 3.05) is 13.2 Å². The van der Waals surface area contributed by atoms with Gasteiger partial charge in [-0.05, 0) is 42.5 Å². The van der Waals surface area contributed by atoms with Crippen LogP contribution in [0.15, 0.2) is 42.5 Å². The maximum Gasteiger partial charge on any atom is 0.282 e. The second-order valence-corrected chi connectivity index (χ2v) is 6.47. The summed E-state index contributed by atoms with van der Waals surface area (Å²) in [7, 11) is 0. The van der Waals surface area contributed by atoms with Gasteiger partial charge in [0.2, 0.25) is 0 Å². The molecule has 26 heavy (non-hydrogen) atoms. The van der Waals surface area contributed by atoms with Gasteiger partial charge in [-0.3, -0.25) is 14.9 Å². The van der Waals surface area contributed by atoms with Gasteiger partial charge in [0, 0.05) is 6.07 Å². The molecule has 1 unspecified atom stereocenters. The molecule has 1 atom stereocenters. The predicted molar refractivity (Wildman–Crippen MR) is 93.5 cm³/mol. The third-order valence-corrected chi connectivity index (χ3v) is 4.65. The van der Waals surface area contributed by atoms with Gasteiger partial charge in [0.1, 0.15) is 18.8 Å². The van der Waals surface area contributed by atoms with E-state index in [0.29, 0.717) is 30.6 Å². The molecule has 0 spiro atoms. The van der Waals surface area contributed by atoms with Crippen LogP contribution < -0.4 is 14.8 Å². The summed E-state index contributed by atoms with van der Waals surface area (Å²) in [5.74, 6) is 1.24. The Balaban J connectivity index is 1.60. The fraction of sp³-hybridized carbons (Fsp3) is 0.316. The summed E-state index contributed by atoms with van der Waals surface area (Å²) in [5, 5.41) is 14.2. The average molecular weight is 354 g/mol. The average Bonchev–Trinajstić information content (AvgIpc) is 3.50. The summed E-state index contributed by atoms with van der Waals surface area (Å²) in [6.07, 6.45) is 2.02. The normalized spacial score (nSPS) is 16.6. The Kier molecular flexibility index (Phi) is 4.20. The number of ether oxygens (including phenoxy) is 2. The van der Waals surface area contributed by atoms with Gasteiger partial charge in [-0.15, -0.1) is 0 Å². The Morgan fingerprint density at radius 2 is 1.85 bits per heavy atom. The molecular formula is C19H18N2O5. The number of hydrogen-bond donors (Lipinski definition) is 1. The largest absolute Gasteiger partial charge is 0.486 e. The van der Waals surface area contributed by atoms with Crippen LogP contribution in [0.25, 0.3) is 0 Å². The molecule has 0 bridgehead atoms. The van der Waals surface area contributed by atoms with Gasteiger partial charge in [-0.2, -0.15) is 0 Å². The third-order valence-electron chi connectivity index (χ3n) is 4.65. The van der Waals surface area contributed by atoms with E-state index in [0.717, 1.165) is 18.4 Å². The molecule has 134 valence electrons. The molecule has 1 heterocycles. The fourth-order valence-corrected chi connectivity index (χ4v) is 3.20. The zero-order chi connectivity index (χ0) is 18.1. The lowest BCUT2D eigenvalue weighted by Gasteiger charge is -2.23. The number of fused-ring (bicyclic) bond motifs is 1. The van der Waals surface area contributed by atoms with Crippen LogP contribution in [0.2, 0.25) is 0 Å². The standard InChI is InChI=1S/C19H18N2O5/c22-19(14-3-1-2-4-15(14)21(23)24)20-18(12-5-6-12)13-7-8-16-17(11-13)26-10-9-25-16/h1-4,7-8,11-12,18H,5-6,9-10H2,(H,20,22). The Bertz CT molecular complexity index is 863. The molecule has 1 N–H and O–H groups in total. The molecule has 0 aromatic heterocycles. The molecule has 0 radical (unpaired) electrons. The summed E-state index contributed by atoms with van der Waals surface area (Å²) in [5.41, 5.74) is 0.797. The first-order chi connectivity index (χ1) is 12.6. The molecule has 7 heteroatoms. The predicted octanol–water partition coefficient (Wildman–Crippen LogP) is 3.25. The maximum atomic E-state index is 12.7. The van der Waals surface area contributed by atoms with Crippen molar-refractivity contribution in [1.82, 2.24) is 5.32 Å². The number of nitrogens with zero attached hydrogens (tertiary/aromatic N) is 1. The Morgan fingerprint density at radius 3 is 2.58 bits per heavy atom. The van der Waals surface area contributed by atoms with Crippen molar-refractivity contribution < 1.29 is 19.2 Å². The molecule has 2 aromatic carbocycles. The SMILES string of the molecule is O=C(NC(c1ccc2c(c1)OCCO2)C1CC1)c1ccccc1[N+](=O)[O-]. The number of nitro benzene ring substituents is 1. The molecule has 2 aromatic rings. The van der Waals surface area contributed by atoms with E-state index in [-0.39, 0.29) is 17.3 Å². The number of nitro groups is 1. The van der Waals surface area contributed by atoms with Crippen molar-refractivity contribution in [3.05, 3.63) is 63.7 Å². The number of para-hydroxylation sites is 1. The van der Waals surface area contributed by atoms with Gasteiger partial charge >= 0.3 is 0 Å². The molecule has 7 nitrogen and oxygen atoms in total. The van der Waals surface area contributed by atoms with Crippen LogP contribution in [0, 0.1) is 16.0 Å². The van der Waals surface area contributed by atoms with Crippen molar-refractivity contribution in [2.45, 2.75) is 18.9 Å². The number of benzene rings is 2. The quantitative estimate of drug-likeness (QED) is 0.657. The topological polar surface area (TPSA) is 90.7 Å². The number of nitrogens with one attached hydrogen (secondary N) is 1. The molecule has 0 saturated heterocycles. The van der Waals surface area contributed by atoms with E-state index in [1.807, 2.05) is 18.2 Å². The minimum Gasteiger partial charge on any atom is -0.486 e. The first kappa shape index (κ1) is 16.4. The van der Waals surface area contributed by atoms with Crippen LogP contribution in [0.4, 0.5) is 5.69 Å². The summed E-state index contributed by atoms with van der Waals surface area (Å²) in [4.78, 5) is 23.4.